The maximum Gasteiger partial charge on any atom is 0.406 e. The number of amides is 1. The van der Waals surface area contributed by atoms with Gasteiger partial charge in [0.1, 0.15) is 18.1 Å². The molecule has 1 aromatic heterocycles. The minimum atomic E-state index is -4.59. The van der Waals surface area contributed by atoms with Gasteiger partial charge < -0.3 is 14.1 Å². The van der Waals surface area contributed by atoms with Crippen LogP contribution in [0.1, 0.15) is 18.6 Å². The number of alkyl halides is 3. The molecule has 1 aliphatic rings. The van der Waals surface area contributed by atoms with E-state index in [1.165, 1.54) is 49.8 Å². The van der Waals surface area contributed by atoms with Gasteiger partial charge >= 0.3 is 6.18 Å². The minimum absolute atomic E-state index is 0.0316. The van der Waals surface area contributed by atoms with Crippen LogP contribution < -0.4 is 4.74 Å². The number of carbonyl (C=O) groups is 1. The van der Waals surface area contributed by atoms with Crippen molar-refractivity contribution in [2.75, 3.05) is 26.7 Å². The van der Waals surface area contributed by atoms with Crippen molar-refractivity contribution in [1.29, 1.82) is 0 Å². The van der Waals surface area contributed by atoms with Crippen LogP contribution in [-0.2, 0) is 21.4 Å². The third-order valence-electron chi connectivity index (χ3n) is 5.04. The monoisotopic (exact) mass is 460 g/mol. The second-order valence-electron chi connectivity index (χ2n) is 7.27. The van der Waals surface area contributed by atoms with Crippen molar-refractivity contribution >= 4 is 15.9 Å². The lowest BCUT2D eigenvalue weighted by Gasteiger charge is -2.34. The van der Waals surface area contributed by atoms with E-state index in [-0.39, 0.29) is 30.3 Å². The van der Waals surface area contributed by atoms with Gasteiger partial charge in [-0.1, -0.05) is 0 Å². The number of piperidine rings is 1. The molecule has 0 N–H and O–H groups in total. The first kappa shape index (κ1) is 23.1. The number of furan rings is 1. The second kappa shape index (κ2) is 9.31. The van der Waals surface area contributed by atoms with E-state index in [9.17, 15) is 26.4 Å². The van der Waals surface area contributed by atoms with E-state index in [2.05, 4.69) is 0 Å². The van der Waals surface area contributed by atoms with Crippen LogP contribution in [0.4, 0.5) is 13.2 Å². The van der Waals surface area contributed by atoms with Crippen LogP contribution in [0.3, 0.4) is 0 Å². The summed E-state index contributed by atoms with van der Waals surface area (Å²) in [5.74, 6) is -0.912. The van der Waals surface area contributed by atoms with Crippen LogP contribution in [0.25, 0.3) is 0 Å². The molecule has 1 fully saturated rings. The lowest BCUT2D eigenvalue weighted by Crippen LogP contribution is -2.48. The number of halogens is 3. The Morgan fingerprint density at radius 3 is 2.55 bits per heavy atom. The zero-order valence-corrected chi connectivity index (χ0v) is 17.7. The molecule has 31 heavy (non-hydrogen) atoms. The number of ether oxygens (including phenoxy) is 1. The molecule has 3 rings (SSSR count). The smallest absolute Gasteiger partial charge is 0.406 e. The van der Waals surface area contributed by atoms with Crippen LogP contribution in [0.15, 0.2) is 52.0 Å². The van der Waals surface area contributed by atoms with Gasteiger partial charge in [-0.25, -0.2) is 8.42 Å². The van der Waals surface area contributed by atoms with E-state index in [0.717, 1.165) is 4.31 Å². The van der Waals surface area contributed by atoms with Crippen LogP contribution >= 0.6 is 0 Å². The molecule has 1 saturated heterocycles. The fourth-order valence-electron chi connectivity index (χ4n) is 3.54. The molecule has 0 aliphatic carbocycles. The van der Waals surface area contributed by atoms with Crippen molar-refractivity contribution in [3.05, 3.63) is 48.4 Å². The lowest BCUT2D eigenvalue weighted by atomic mass is 9.98. The van der Waals surface area contributed by atoms with E-state index < -0.39 is 34.6 Å². The Balaban J connectivity index is 1.77. The van der Waals surface area contributed by atoms with Gasteiger partial charge in [0.2, 0.25) is 15.9 Å². The van der Waals surface area contributed by atoms with Crippen LogP contribution in [0.5, 0.6) is 5.75 Å². The summed E-state index contributed by atoms with van der Waals surface area (Å²) >= 11 is 0. The SMILES string of the molecule is COc1ccc(S(=O)(=O)N2CCCC(C(=O)N(Cc3ccco3)CC(F)(F)F)C2)cc1. The zero-order chi connectivity index (χ0) is 22.6. The zero-order valence-electron chi connectivity index (χ0n) is 16.8. The van der Waals surface area contributed by atoms with Gasteiger partial charge in [-0.15, -0.1) is 0 Å². The molecule has 1 aromatic carbocycles. The van der Waals surface area contributed by atoms with Gasteiger partial charge in [-0.3, -0.25) is 4.79 Å². The average molecular weight is 460 g/mol. The average Bonchev–Trinajstić information content (AvgIpc) is 3.25. The number of nitrogens with zero attached hydrogens (tertiary/aromatic N) is 2. The number of hydrogen-bond donors (Lipinski definition) is 0. The molecule has 1 aliphatic heterocycles. The number of benzene rings is 1. The van der Waals surface area contributed by atoms with Crippen molar-refractivity contribution in [1.82, 2.24) is 9.21 Å². The summed E-state index contributed by atoms with van der Waals surface area (Å²) < 4.78 is 76.4. The Hall–Kier alpha value is -2.53. The highest BCUT2D eigenvalue weighted by Crippen LogP contribution is 2.28. The predicted molar refractivity (Wildman–Crippen MR) is 105 cm³/mol. The van der Waals surface area contributed by atoms with Gasteiger partial charge in [0.25, 0.3) is 0 Å². The van der Waals surface area contributed by atoms with Crippen LogP contribution in [0.2, 0.25) is 0 Å². The van der Waals surface area contributed by atoms with E-state index in [1.807, 2.05) is 0 Å². The highest BCUT2D eigenvalue weighted by molar-refractivity contribution is 7.89. The summed E-state index contributed by atoms with van der Waals surface area (Å²) in [6.07, 6.45) is -2.60. The fourth-order valence-corrected chi connectivity index (χ4v) is 5.06. The highest BCUT2D eigenvalue weighted by Gasteiger charge is 2.39. The van der Waals surface area contributed by atoms with E-state index in [4.69, 9.17) is 9.15 Å². The number of sulfonamides is 1. The van der Waals surface area contributed by atoms with Crippen molar-refractivity contribution in [2.45, 2.75) is 30.5 Å². The Kier molecular flexibility index (Phi) is 6.95. The summed E-state index contributed by atoms with van der Waals surface area (Å²) in [6.45, 7) is -1.77. The number of methoxy groups -OCH3 is 1. The Morgan fingerprint density at radius 2 is 1.97 bits per heavy atom. The molecule has 11 heteroatoms. The van der Waals surface area contributed by atoms with Gasteiger partial charge in [0, 0.05) is 13.1 Å². The molecule has 7 nitrogen and oxygen atoms in total. The van der Waals surface area contributed by atoms with E-state index in [1.54, 1.807) is 0 Å². The summed E-state index contributed by atoms with van der Waals surface area (Å²) in [7, 11) is -2.44. The number of rotatable bonds is 7. The lowest BCUT2D eigenvalue weighted by molar-refractivity contribution is -0.166. The summed E-state index contributed by atoms with van der Waals surface area (Å²) in [5.41, 5.74) is 0. The maximum absolute atomic E-state index is 13.1. The molecule has 2 aromatic rings. The van der Waals surface area contributed by atoms with Gasteiger partial charge in [0.05, 0.1) is 30.7 Å². The molecule has 1 atom stereocenters. The predicted octanol–water partition coefficient (Wildman–Crippen LogP) is 3.28. The third-order valence-corrected chi connectivity index (χ3v) is 6.92. The molecule has 2 heterocycles. The topological polar surface area (TPSA) is 80.1 Å². The molecular formula is C20H23F3N2O5S. The quantitative estimate of drug-likeness (QED) is 0.634. The summed E-state index contributed by atoms with van der Waals surface area (Å²) in [4.78, 5) is 13.6. The highest BCUT2D eigenvalue weighted by atomic mass is 32.2. The van der Waals surface area contributed by atoms with Crippen molar-refractivity contribution in [3.8, 4) is 5.75 Å². The molecule has 1 amide bonds. The third kappa shape index (κ3) is 5.79. The molecule has 0 saturated carbocycles. The standard InChI is InChI=1S/C20H23F3N2O5S/c1-29-16-6-8-18(9-7-16)31(27,28)25-10-2-4-15(12-25)19(26)24(14-20(21,22)23)13-17-5-3-11-30-17/h3,5-9,11,15H,2,4,10,12-14H2,1H3. The molecule has 170 valence electrons. The normalized spacial score (nSPS) is 18.0. The van der Waals surface area contributed by atoms with Crippen molar-refractivity contribution in [3.63, 3.8) is 0 Å². The summed E-state index contributed by atoms with van der Waals surface area (Å²) in [5, 5.41) is 0. The molecule has 0 bridgehead atoms. The second-order valence-corrected chi connectivity index (χ2v) is 9.20. The molecule has 0 spiro atoms. The molecule has 1 unspecified atom stereocenters. The number of hydrogen-bond acceptors (Lipinski definition) is 5. The van der Waals surface area contributed by atoms with Crippen molar-refractivity contribution in [2.24, 2.45) is 5.92 Å². The first-order valence-electron chi connectivity index (χ1n) is 9.62. The Morgan fingerprint density at radius 1 is 1.26 bits per heavy atom. The van der Waals surface area contributed by atoms with Crippen LogP contribution in [-0.4, -0.2) is 56.5 Å². The first-order valence-corrected chi connectivity index (χ1v) is 11.1. The van der Waals surface area contributed by atoms with Gasteiger partial charge in [-0.05, 0) is 49.2 Å². The minimum Gasteiger partial charge on any atom is -0.497 e. The van der Waals surface area contributed by atoms with Crippen molar-refractivity contribution < 1.29 is 35.5 Å². The van der Waals surface area contributed by atoms with Gasteiger partial charge in [0.15, 0.2) is 0 Å². The first-order chi connectivity index (χ1) is 14.6. The van der Waals surface area contributed by atoms with E-state index in [0.29, 0.717) is 23.5 Å². The molecular weight excluding hydrogens is 437 g/mol. The van der Waals surface area contributed by atoms with Gasteiger partial charge in [-0.2, -0.15) is 17.5 Å². The van der Waals surface area contributed by atoms with E-state index >= 15 is 0 Å². The Bertz CT molecular complexity index is 975. The maximum atomic E-state index is 13.1. The fraction of sp³-hybridized carbons (Fsp3) is 0.450. The Labute approximate surface area is 178 Å². The largest absolute Gasteiger partial charge is 0.497 e. The molecule has 0 radical (unpaired) electrons. The number of carbonyl (C=O) groups excluding carboxylic acids is 1. The van der Waals surface area contributed by atoms with Crippen LogP contribution in [0, 0.1) is 5.92 Å². The summed E-state index contributed by atoms with van der Waals surface area (Å²) in [6, 6.07) is 8.81.